The molecular weight excluding hydrogens is 292 g/mol. The van der Waals surface area contributed by atoms with Crippen molar-refractivity contribution in [3.8, 4) is 5.75 Å². The SMILES string of the molecule is COc1ccccc1Nc1n[nH]c(Sc2ccsc2)n1. The molecule has 0 amide bonds. The number of para-hydroxylation sites is 2. The molecule has 5 nitrogen and oxygen atoms in total. The summed E-state index contributed by atoms with van der Waals surface area (Å²) in [4.78, 5) is 5.54. The van der Waals surface area contributed by atoms with Crippen molar-refractivity contribution in [1.82, 2.24) is 15.2 Å². The van der Waals surface area contributed by atoms with Crippen LogP contribution < -0.4 is 10.1 Å². The van der Waals surface area contributed by atoms with Crippen molar-refractivity contribution in [3.63, 3.8) is 0 Å². The Kier molecular flexibility index (Phi) is 3.89. The average molecular weight is 304 g/mol. The molecule has 102 valence electrons. The Balaban J connectivity index is 1.74. The van der Waals surface area contributed by atoms with Crippen molar-refractivity contribution in [1.29, 1.82) is 0 Å². The summed E-state index contributed by atoms with van der Waals surface area (Å²) in [5.41, 5.74) is 0.834. The van der Waals surface area contributed by atoms with Gasteiger partial charge in [0, 0.05) is 10.3 Å². The molecule has 2 aromatic heterocycles. The molecule has 2 heterocycles. The van der Waals surface area contributed by atoms with Crippen LogP contribution in [0.4, 0.5) is 11.6 Å². The number of benzene rings is 1. The number of methoxy groups -OCH3 is 1. The zero-order valence-corrected chi connectivity index (χ0v) is 12.3. The fraction of sp³-hybridized carbons (Fsp3) is 0.0769. The quantitative estimate of drug-likeness (QED) is 0.751. The number of thiophene rings is 1. The lowest BCUT2D eigenvalue weighted by Crippen LogP contribution is -1.95. The van der Waals surface area contributed by atoms with E-state index in [1.165, 1.54) is 0 Å². The van der Waals surface area contributed by atoms with Gasteiger partial charge in [-0.1, -0.05) is 12.1 Å². The maximum absolute atomic E-state index is 5.28. The lowest BCUT2D eigenvalue weighted by molar-refractivity contribution is 0.417. The minimum atomic E-state index is 0.521. The molecule has 0 radical (unpaired) electrons. The summed E-state index contributed by atoms with van der Waals surface area (Å²) in [5.74, 6) is 1.27. The molecule has 3 aromatic rings. The first-order valence-corrected chi connectivity index (χ1v) is 7.63. The van der Waals surface area contributed by atoms with Crippen LogP contribution in [-0.4, -0.2) is 22.3 Å². The summed E-state index contributed by atoms with van der Waals surface area (Å²) < 4.78 is 5.28. The predicted molar refractivity (Wildman–Crippen MR) is 81.1 cm³/mol. The molecular formula is C13H12N4OS2. The Morgan fingerprint density at radius 1 is 1.30 bits per heavy atom. The molecule has 2 N–H and O–H groups in total. The van der Waals surface area contributed by atoms with Crippen molar-refractivity contribution in [2.45, 2.75) is 10.1 Å². The van der Waals surface area contributed by atoms with Crippen LogP contribution in [0.25, 0.3) is 0 Å². The topological polar surface area (TPSA) is 62.8 Å². The summed E-state index contributed by atoms with van der Waals surface area (Å²) in [5, 5.41) is 15.0. The maximum atomic E-state index is 5.28. The summed E-state index contributed by atoms with van der Waals surface area (Å²) >= 11 is 3.20. The van der Waals surface area contributed by atoms with Crippen LogP contribution in [0.5, 0.6) is 5.75 Å². The largest absolute Gasteiger partial charge is 0.495 e. The highest BCUT2D eigenvalue weighted by atomic mass is 32.2. The number of nitrogens with zero attached hydrogens (tertiary/aromatic N) is 2. The second-order valence-electron chi connectivity index (χ2n) is 3.85. The molecule has 0 fully saturated rings. The van der Waals surface area contributed by atoms with Crippen molar-refractivity contribution in [2.75, 3.05) is 12.4 Å². The highest BCUT2D eigenvalue weighted by molar-refractivity contribution is 7.99. The molecule has 0 aliphatic heterocycles. The number of nitrogens with one attached hydrogen (secondary N) is 2. The number of ether oxygens (including phenoxy) is 1. The monoisotopic (exact) mass is 304 g/mol. The smallest absolute Gasteiger partial charge is 0.247 e. The van der Waals surface area contributed by atoms with E-state index in [1.807, 2.05) is 35.7 Å². The molecule has 0 unspecified atom stereocenters. The molecule has 0 saturated heterocycles. The Labute approximate surface area is 124 Å². The van der Waals surface area contributed by atoms with Gasteiger partial charge in [-0.15, -0.1) is 5.10 Å². The highest BCUT2D eigenvalue weighted by Gasteiger charge is 2.08. The predicted octanol–water partition coefficient (Wildman–Crippen LogP) is 3.77. The third-order valence-electron chi connectivity index (χ3n) is 2.53. The number of rotatable bonds is 5. The lowest BCUT2D eigenvalue weighted by atomic mass is 10.3. The standard InChI is InChI=1S/C13H12N4OS2/c1-18-11-5-3-2-4-10(11)14-12-15-13(17-16-12)20-9-6-7-19-8-9/h2-8H,1H3,(H2,14,15,16,17). The van der Waals surface area contributed by atoms with E-state index >= 15 is 0 Å². The number of aromatic amines is 1. The van der Waals surface area contributed by atoms with Crippen LogP contribution in [0.2, 0.25) is 0 Å². The molecule has 7 heteroatoms. The van der Waals surface area contributed by atoms with Crippen LogP contribution >= 0.6 is 23.1 Å². The van der Waals surface area contributed by atoms with Crippen molar-refractivity contribution < 1.29 is 4.74 Å². The number of H-pyrrole nitrogens is 1. The second kappa shape index (κ2) is 5.98. The van der Waals surface area contributed by atoms with E-state index in [4.69, 9.17) is 4.74 Å². The number of anilines is 2. The first kappa shape index (κ1) is 13.0. The van der Waals surface area contributed by atoms with Gasteiger partial charge in [0.2, 0.25) is 5.95 Å². The first-order valence-electron chi connectivity index (χ1n) is 5.87. The maximum Gasteiger partial charge on any atom is 0.247 e. The molecule has 0 atom stereocenters. The molecule has 0 aliphatic carbocycles. The van der Waals surface area contributed by atoms with E-state index in [2.05, 4.69) is 25.9 Å². The molecule has 20 heavy (non-hydrogen) atoms. The van der Waals surface area contributed by atoms with Gasteiger partial charge in [0.1, 0.15) is 5.75 Å². The average Bonchev–Trinajstić information content (AvgIpc) is 3.12. The van der Waals surface area contributed by atoms with Gasteiger partial charge in [-0.05, 0) is 35.3 Å². The summed E-state index contributed by atoms with van der Waals surface area (Å²) in [7, 11) is 1.64. The number of hydrogen-bond donors (Lipinski definition) is 2. The van der Waals surface area contributed by atoms with Crippen molar-refractivity contribution in [3.05, 3.63) is 41.1 Å². The zero-order valence-electron chi connectivity index (χ0n) is 10.7. The van der Waals surface area contributed by atoms with Gasteiger partial charge in [-0.2, -0.15) is 16.3 Å². The summed E-state index contributed by atoms with van der Waals surface area (Å²) in [6.45, 7) is 0. The van der Waals surface area contributed by atoms with Crippen LogP contribution in [0.1, 0.15) is 0 Å². The third-order valence-corrected chi connectivity index (χ3v) is 4.23. The van der Waals surface area contributed by atoms with E-state index in [-0.39, 0.29) is 0 Å². The van der Waals surface area contributed by atoms with Gasteiger partial charge in [0.05, 0.1) is 12.8 Å². The van der Waals surface area contributed by atoms with Crippen molar-refractivity contribution in [2.24, 2.45) is 0 Å². The molecule has 0 aliphatic rings. The normalized spacial score (nSPS) is 10.4. The Bertz CT molecular complexity index is 681. The van der Waals surface area contributed by atoms with Crippen LogP contribution in [0.3, 0.4) is 0 Å². The zero-order chi connectivity index (χ0) is 13.8. The number of aromatic nitrogens is 3. The van der Waals surface area contributed by atoms with Gasteiger partial charge < -0.3 is 10.1 Å². The minimum absolute atomic E-state index is 0.521. The molecule has 0 spiro atoms. The first-order chi connectivity index (χ1) is 9.85. The van der Waals surface area contributed by atoms with E-state index in [0.717, 1.165) is 21.5 Å². The molecule has 1 aromatic carbocycles. The minimum Gasteiger partial charge on any atom is -0.495 e. The fourth-order valence-corrected chi connectivity index (χ4v) is 3.18. The molecule has 0 saturated carbocycles. The highest BCUT2D eigenvalue weighted by Crippen LogP contribution is 2.29. The Hall–Kier alpha value is -1.99. The Morgan fingerprint density at radius 3 is 3.00 bits per heavy atom. The summed E-state index contributed by atoms with van der Waals surface area (Å²) in [6, 6.07) is 9.69. The lowest BCUT2D eigenvalue weighted by Gasteiger charge is -2.07. The third kappa shape index (κ3) is 2.94. The molecule has 3 rings (SSSR count). The van der Waals surface area contributed by atoms with Gasteiger partial charge in [-0.3, -0.25) is 5.10 Å². The van der Waals surface area contributed by atoms with Gasteiger partial charge in [0.15, 0.2) is 5.16 Å². The fourth-order valence-electron chi connectivity index (χ4n) is 1.64. The Morgan fingerprint density at radius 2 is 2.20 bits per heavy atom. The number of hydrogen-bond acceptors (Lipinski definition) is 6. The van der Waals surface area contributed by atoms with E-state index in [0.29, 0.717) is 5.95 Å². The van der Waals surface area contributed by atoms with E-state index in [1.54, 1.807) is 30.2 Å². The van der Waals surface area contributed by atoms with Crippen LogP contribution in [0, 0.1) is 0 Å². The van der Waals surface area contributed by atoms with Gasteiger partial charge in [-0.25, -0.2) is 0 Å². The second-order valence-corrected chi connectivity index (χ2v) is 5.69. The van der Waals surface area contributed by atoms with Crippen molar-refractivity contribution >= 4 is 34.7 Å². The van der Waals surface area contributed by atoms with Crippen LogP contribution in [-0.2, 0) is 0 Å². The van der Waals surface area contributed by atoms with Crippen LogP contribution in [0.15, 0.2) is 51.1 Å². The van der Waals surface area contributed by atoms with Gasteiger partial charge >= 0.3 is 0 Å². The molecule has 0 bridgehead atoms. The summed E-state index contributed by atoms with van der Waals surface area (Å²) in [6.07, 6.45) is 0. The van der Waals surface area contributed by atoms with E-state index < -0.39 is 0 Å². The van der Waals surface area contributed by atoms with E-state index in [9.17, 15) is 0 Å². The van der Waals surface area contributed by atoms with Gasteiger partial charge in [0.25, 0.3) is 0 Å².